The molecule has 1 amide bonds. The van der Waals surface area contributed by atoms with Crippen LogP contribution in [0.4, 0.5) is 11.5 Å². The molecule has 0 bridgehead atoms. The molecule has 6 nitrogen and oxygen atoms in total. The first-order chi connectivity index (χ1) is 9.22. The summed E-state index contributed by atoms with van der Waals surface area (Å²) in [5.74, 6) is 0.506. The van der Waals surface area contributed by atoms with Gasteiger partial charge in [0.25, 0.3) is 0 Å². The Morgan fingerprint density at radius 2 is 2.32 bits per heavy atom. The Bertz CT molecular complexity index is 432. The zero-order chi connectivity index (χ0) is 13.7. The van der Waals surface area contributed by atoms with Crippen LogP contribution in [0, 0.1) is 5.92 Å². The molecule has 104 valence electrons. The number of ether oxygens (including phenoxy) is 1. The van der Waals surface area contributed by atoms with Crippen molar-refractivity contribution in [3.63, 3.8) is 0 Å². The van der Waals surface area contributed by atoms with Crippen LogP contribution in [0.2, 0.25) is 0 Å². The topological polar surface area (TPSA) is 80.5 Å². The molecule has 0 radical (unpaired) electrons. The number of morpholine rings is 1. The van der Waals surface area contributed by atoms with Crippen molar-refractivity contribution in [2.45, 2.75) is 6.92 Å². The molecule has 0 saturated carbocycles. The van der Waals surface area contributed by atoms with E-state index in [2.05, 4.69) is 15.2 Å². The van der Waals surface area contributed by atoms with E-state index in [1.165, 1.54) is 0 Å². The largest absolute Gasteiger partial charge is 0.378 e. The summed E-state index contributed by atoms with van der Waals surface area (Å²) in [6, 6.07) is 3.67. The molecule has 1 aromatic heterocycles. The Labute approximate surface area is 112 Å². The van der Waals surface area contributed by atoms with E-state index in [9.17, 15) is 4.79 Å². The van der Waals surface area contributed by atoms with Crippen molar-refractivity contribution in [2.24, 2.45) is 11.7 Å². The van der Waals surface area contributed by atoms with Crippen LogP contribution >= 0.6 is 0 Å². The fraction of sp³-hybridized carbons (Fsp3) is 0.538. The zero-order valence-electron chi connectivity index (χ0n) is 11.1. The summed E-state index contributed by atoms with van der Waals surface area (Å²) in [6.45, 7) is 5.07. The van der Waals surface area contributed by atoms with E-state index in [4.69, 9.17) is 10.5 Å². The SMILES string of the molecule is CC(CN)C(=O)Nc1cccnc1N1CCOCC1. The molecule has 1 saturated heterocycles. The summed E-state index contributed by atoms with van der Waals surface area (Å²) in [4.78, 5) is 18.4. The van der Waals surface area contributed by atoms with Crippen LogP contribution in [0.3, 0.4) is 0 Å². The summed E-state index contributed by atoms with van der Waals surface area (Å²) in [5.41, 5.74) is 6.24. The van der Waals surface area contributed by atoms with Gasteiger partial charge in [0.1, 0.15) is 0 Å². The van der Waals surface area contributed by atoms with E-state index in [1.807, 2.05) is 12.1 Å². The van der Waals surface area contributed by atoms with E-state index < -0.39 is 0 Å². The van der Waals surface area contributed by atoms with Gasteiger partial charge < -0.3 is 20.7 Å². The number of nitrogens with one attached hydrogen (secondary N) is 1. The highest BCUT2D eigenvalue weighted by atomic mass is 16.5. The van der Waals surface area contributed by atoms with Gasteiger partial charge in [-0.05, 0) is 12.1 Å². The molecule has 0 aliphatic carbocycles. The van der Waals surface area contributed by atoms with Gasteiger partial charge in [-0.3, -0.25) is 4.79 Å². The molecule has 0 aromatic carbocycles. The number of rotatable bonds is 4. The van der Waals surface area contributed by atoms with Crippen LogP contribution < -0.4 is 16.0 Å². The van der Waals surface area contributed by atoms with Gasteiger partial charge in [0, 0.05) is 31.7 Å². The van der Waals surface area contributed by atoms with Crippen molar-refractivity contribution in [1.82, 2.24) is 4.98 Å². The van der Waals surface area contributed by atoms with Crippen molar-refractivity contribution in [2.75, 3.05) is 43.1 Å². The highest BCUT2D eigenvalue weighted by Crippen LogP contribution is 2.23. The molecule has 2 heterocycles. The Kier molecular flexibility index (Phi) is 4.70. The molecule has 1 unspecified atom stereocenters. The number of pyridine rings is 1. The van der Waals surface area contributed by atoms with Crippen LogP contribution in [-0.4, -0.2) is 43.7 Å². The molecule has 2 rings (SSSR count). The molecule has 1 atom stereocenters. The lowest BCUT2D eigenvalue weighted by molar-refractivity contribution is -0.119. The number of aromatic nitrogens is 1. The fourth-order valence-electron chi connectivity index (χ4n) is 1.88. The highest BCUT2D eigenvalue weighted by Gasteiger charge is 2.18. The van der Waals surface area contributed by atoms with Crippen molar-refractivity contribution >= 4 is 17.4 Å². The third-order valence-corrected chi connectivity index (χ3v) is 3.16. The zero-order valence-corrected chi connectivity index (χ0v) is 11.1. The van der Waals surface area contributed by atoms with Gasteiger partial charge in [-0.1, -0.05) is 6.92 Å². The third kappa shape index (κ3) is 3.42. The van der Waals surface area contributed by atoms with Crippen LogP contribution in [-0.2, 0) is 9.53 Å². The van der Waals surface area contributed by atoms with Crippen molar-refractivity contribution < 1.29 is 9.53 Å². The molecule has 6 heteroatoms. The summed E-state index contributed by atoms with van der Waals surface area (Å²) in [6.07, 6.45) is 1.73. The fourth-order valence-corrected chi connectivity index (χ4v) is 1.88. The second-order valence-corrected chi connectivity index (χ2v) is 4.60. The number of hydrogen-bond donors (Lipinski definition) is 2. The van der Waals surface area contributed by atoms with Gasteiger partial charge in [-0.15, -0.1) is 0 Å². The molecule has 1 aromatic rings. The Hall–Kier alpha value is -1.66. The van der Waals surface area contributed by atoms with Gasteiger partial charge in [0.15, 0.2) is 5.82 Å². The number of nitrogens with two attached hydrogens (primary N) is 1. The van der Waals surface area contributed by atoms with Gasteiger partial charge in [0.05, 0.1) is 18.9 Å². The number of anilines is 2. The Morgan fingerprint density at radius 3 is 3.00 bits per heavy atom. The van der Waals surface area contributed by atoms with Crippen molar-refractivity contribution in [1.29, 1.82) is 0 Å². The Morgan fingerprint density at radius 1 is 1.58 bits per heavy atom. The first-order valence-corrected chi connectivity index (χ1v) is 6.51. The summed E-state index contributed by atoms with van der Waals surface area (Å²) in [5, 5.41) is 2.89. The van der Waals surface area contributed by atoms with E-state index in [0.717, 1.165) is 24.6 Å². The molecule has 1 aliphatic rings. The smallest absolute Gasteiger partial charge is 0.228 e. The van der Waals surface area contributed by atoms with E-state index >= 15 is 0 Å². The minimum absolute atomic E-state index is 0.0787. The molecule has 1 aliphatic heterocycles. The number of hydrogen-bond acceptors (Lipinski definition) is 5. The minimum Gasteiger partial charge on any atom is -0.378 e. The second-order valence-electron chi connectivity index (χ2n) is 4.60. The van der Waals surface area contributed by atoms with Gasteiger partial charge in [0.2, 0.25) is 5.91 Å². The molecule has 3 N–H and O–H groups in total. The molecule has 1 fully saturated rings. The summed E-state index contributed by atoms with van der Waals surface area (Å²) in [7, 11) is 0. The van der Waals surface area contributed by atoms with Crippen LogP contribution in [0.1, 0.15) is 6.92 Å². The number of amides is 1. The highest BCUT2D eigenvalue weighted by molar-refractivity contribution is 5.95. The molecule has 19 heavy (non-hydrogen) atoms. The maximum absolute atomic E-state index is 11.9. The predicted octanol–water partition coefficient (Wildman–Crippen LogP) is 0.451. The predicted molar refractivity (Wildman–Crippen MR) is 74.1 cm³/mol. The van der Waals surface area contributed by atoms with E-state index in [1.54, 1.807) is 13.1 Å². The monoisotopic (exact) mass is 264 g/mol. The van der Waals surface area contributed by atoms with Crippen LogP contribution in [0.15, 0.2) is 18.3 Å². The van der Waals surface area contributed by atoms with Crippen molar-refractivity contribution in [3.05, 3.63) is 18.3 Å². The third-order valence-electron chi connectivity index (χ3n) is 3.16. The molecule has 0 spiro atoms. The molecular weight excluding hydrogens is 244 g/mol. The van der Waals surface area contributed by atoms with Crippen molar-refractivity contribution in [3.8, 4) is 0 Å². The van der Waals surface area contributed by atoms with Gasteiger partial charge in [-0.2, -0.15) is 0 Å². The van der Waals surface area contributed by atoms with Crippen LogP contribution in [0.5, 0.6) is 0 Å². The lowest BCUT2D eigenvalue weighted by Crippen LogP contribution is -2.37. The molecular formula is C13H20N4O2. The minimum atomic E-state index is -0.210. The normalized spacial score (nSPS) is 17.1. The average molecular weight is 264 g/mol. The summed E-state index contributed by atoms with van der Waals surface area (Å²) < 4.78 is 5.32. The first kappa shape index (κ1) is 13.8. The standard InChI is InChI=1S/C13H20N4O2/c1-10(9-14)13(18)16-11-3-2-4-15-12(11)17-5-7-19-8-6-17/h2-4,10H,5-9,14H2,1H3,(H,16,18). The van der Waals surface area contributed by atoms with Gasteiger partial charge >= 0.3 is 0 Å². The number of carbonyl (C=O) groups excluding carboxylic acids is 1. The van der Waals surface area contributed by atoms with E-state index in [0.29, 0.717) is 19.8 Å². The summed E-state index contributed by atoms with van der Waals surface area (Å²) >= 11 is 0. The maximum Gasteiger partial charge on any atom is 0.228 e. The number of nitrogens with zero attached hydrogens (tertiary/aromatic N) is 2. The average Bonchev–Trinajstić information content (AvgIpc) is 2.47. The lowest BCUT2D eigenvalue weighted by atomic mass is 10.1. The lowest BCUT2D eigenvalue weighted by Gasteiger charge is -2.29. The van der Waals surface area contributed by atoms with Gasteiger partial charge in [-0.25, -0.2) is 4.98 Å². The second kappa shape index (κ2) is 6.49. The Balaban J connectivity index is 2.13. The maximum atomic E-state index is 11.9. The van der Waals surface area contributed by atoms with Crippen LogP contribution in [0.25, 0.3) is 0 Å². The number of carbonyl (C=O) groups is 1. The first-order valence-electron chi connectivity index (χ1n) is 6.51. The quantitative estimate of drug-likeness (QED) is 0.825. The van der Waals surface area contributed by atoms with E-state index in [-0.39, 0.29) is 11.8 Å².